The van der Waals surface area contributed by atoms with Gasteiger partial charge < -0.3 is 23.6 Å². The lowest BCUT2D eigenvalue weighted by molar-refractivity contribution is 0.200. The Balaban J connectivity index is 1.72. The minimum Gasteiger partial charge on any atom is -0.491 e. The largest absolute Gasteiger partial charge is 0.491 e. The number of nitrogens with zero attached hydrogens (tertiary/aromatic N) is 1. The van der Waals surface area contributed by atoms with Crippen molar-refractivity contribution in [1.82, 2.24) is 4.57 Å². The summed E-state index contributed by atoms with van der Waals surface area (Å²) in [6.07, 6.45) is 1.55. The van der Waals surface area contributed by atoms with E-state index in [4.69, 9.17) is 13.9 Å². The lowest BCUT2D eigenvalue weighted by atomic mass is 10.0. The Kier molecular flexibility index (Phi) is 8.85. The molecule has 1 N–H and O–H groups in total. The molecule has 5 aromatic rings. The highest BCUT2D eigenvalue weighted by molar-refractivity contribution is 7.91. The molecule has 0 aliphatic rings. The molecule has 242 valence electrons. The van der Waals surface area contributed by atoms with Crippen LogP contribution in [0.1, 0.15) is 37.5 Å². The van der Waals surface area contributed by atoms with E-state index in [2.05, 4.69) is 0 Å². The van der Waals surface area contributed by atoms with Gasteiger partial charge in [-0.15, -0.1) is 0 Å². The van der Waals surface area contributed by atoms with Crippen molar-refractivity contribution in [3.63, 3.8) is 0 Å². The van der Waals surface area contributed by atoms with Crippen LogP contribution in [0.4, 0.5) is 8.78 Å². The summed E-state index contributed by atoms with van der Waals surface area (Å²) in [4.78, 5) is 13.3. The Labute approximate surface area is 265 Å². The topological polar surface area (TPSA) is 108 Å². The van der Waals surface area contributed by atoms with Crippen LogP contribution in [0, 0.1) is 25.5 Å². The van der Waals surface area contributed by atoms with Crippen molar-refractivity contribution in [2.75, 3.05) is 13.2 Å². The van der Waals surface area contributed by atoms with E-state index in [-0.39, 0.29) is 47.0 Å². The van der Waals surface area contributed by atoms with E-state index in [1.54, 1.807) is 52.2 Å². The molecule has 46 heavy (non-hydrogen) atoms. The predicted octanol–water partition coefficient (Wildman–Crippen LogP) is 7.24. The number of aliphatic hydroxyl groups is 1. The number of aliphatic hydroxyl groups excluding tert-OH is 1. The molecule has 0 saturated heterocycles. The highest BCUT2D eigenvalue weighted by Crippen LogP contribution is 2.41. The minimum atomic E-state index is -3.59. The minimum absolute atomic E-state index is 0.126. The zero-order valence-electron chi connectivity index (χ0n) is 26.4. The van der Waals surface area contributed by atoms with Gasteiger partial charge >= 0.3 is 0 Å². The van der Waals surface area contributed by atoms with Gasteiger partial charge in [-0.3, -0.25) is 4.79 Å². The Morgan fingerprint density at radius 1 is 0.935 bits per heavy atom. The fourth-order valence-electron chi connectivity index (χ4n) is 5.13. The molecule has 0 atom stereocenters. The second-order valence-electron chi connectivity index (χ2n) is 12.2. The van der Waals surface area contributed by atoms with Crippen LogP contribution in [-0.4, -0.2) is 36.1 Å². The van der Waals surface area contributed by atoms with Gasteiger partial charge in [-0.05, 0) is 93.8 Å². The summed E-state index contributed by atoms with van der Waals surface area (Å²) in [5.41, 5.74) is 3.36. The first-order valence-electron chi connectivity index (χ1n) is 14.6. The molecule has 8 nitrogen and oxygen atoms in total. The van der Waals surface area contributed by atoms with Gasteiger partial charge in [0.15, 0.2) is 21.4 Å². The fourth-order valence-corrected chi connectivity index (χ4v) is 6.18. The first-order chi connectivity index (χ1) is 21.6. The standard InChI is InChI=1S/C35H35F2NO7S/c1-20-13-23(14-21(2)32(20)43-12-11-39)31-17-26-33(45-31)27(18-38(6)34(26)40)25-15-22(19-46(41,42)35(3,4)5)7-9-29(25)44-30-10-8-24(36)16-28(30)37/h7-10,13-18,39H,11-12,19H2,1-6H3. The Bertz CT molecular complexity index is 2100. The van der Waals surface area contributed by atoms with Crippen LogP contribution in [0.5, 0.6) is 17.2 Å². The van der Waals surface area contributed by atoms with Crippen molar-refractivity contribution in [3.8, 4) is 39.7 Å². The van der Waals surface area contributed by atoms with Gasteiger partial charge in [0.2, 0.25) is 0 Å². The molecule has 5 rings (SSSR count). The molecule has 0 spiro atoms. The van der Waals surface area contributed by atoms with Gasteiger partial charge in [0.25, 0.3) is 5.56 Å². The number of aromatic nitrogens is 1. The molecular formula is C35H35F2NO7S. The summed E-state index contributed by atoms with van der Waals surface area (Å²) in [6, 6.07) is 13.0. The lowest BCUT2D eigenvalue weighted by Crippen LogP contribution is -2.29. The number of benzene rings is 3. The van der Waals surface area contributed by atoms with Crippen LogP contribution in [0.25, 0.3) is 33.4 Å². The van der Waals surface area contributed by atoms with Crippen LogP contribution < -0.4 is 15.0 Å². The van der Waals surface area contributed by atoms with E-state index in [1.807, 2.05) is 26.0 Å². The van der Waals surface area contributed by atoms with Crippen molar-refractivity contribution in [3.05, 3.63) is 99.5 Å². The molecule has 3 aromatic carbocycles. The van der Waals surface area contributed by atoms with Gasteiger partial charge in [0.1, 0.15) is 35.3 Å². The molecule has 0 aliphatic heterocycles. The van der Waals surface area contributed by atoms with Crippen molar-refractivity contribution < 1.29 is 36.2 Å². The average molecular weight is 652 g/mol. The third-order valence-corrected chi connectivity index (χ3v) is 10.2. The van der Waals surface area contributed by atoms with Gasteiger partial charge in [-0.1, -0.05) is 6.07 Å². The molecule has 0 unspecified atom stereocenters. The van der Waals surface area contributed by atoms with Crippen molar-refractivity contribution >= 4 is 20.8 Å². The predicted molar refractivity (Wildman–Crippen MR) is 173 cm³/mol. The summed E-state index contributed by atoms with van der Waals surface area (Å²) >= 11 is 0. The lowest BCUT2D eigenvalue weighted by Gasteiger charge is -2.20. The highest BCUT2D eigenvalue weighted by Gasteiger charge is 2.30. The number of pyridine rings is 1. The van der Waals surface area contributed by atoms with E-state index in [0.29, 0.717) is 39.8 Å². The van der Waals surface area contributed by atoms with E-state index < -0.39 is 26.2 Å². The van der Waals surface area contributed by atoms with Crippen molar-refractivity contribution in [1.29, 1.82) is 0 Å². The number of sulfone groups is 1. The third kappa shape index (κ3) is 6.43. The third-order valence-electron chi connectivity index (χ3n) is 7.67. The van der Waals surface area contributed by atoms with Crippen LogP contribution in [0.2, 0.25) is 0 Å². The van der Waals surface area contributed by atoms with E-state index >= 15 is 0 Å². The number of hydrogen-bond acceptors (Lipinski definition) is 7. The van der Waals surface area contributed by atoms with E-state index in [1.165, 1.54) is 10.6 Å². The van der Waals surface area contributed by atoms with Gasteiger partial charge in [0.05, 0.1) is 22.5 Å². The Morgan fingerprint density at radius 2 is 1.61 bits per heavy atom. The molecular weight excluding hydrogens is 616 g/mol. The number of rotatable bonds is 9. The first kappa shape index (κ1) is 32.9. The molecule has 11 heteroatoms. The molecule has 2 aromatic heterocycles. The second-order valence-corrected chi connectivity index (χ2v) is 14.9. The average Bonchev–Trinajstić information content (AvgIpc) is 3.42. The Morgan fingerprint density at radius 3 is 2.24 bits per heavy atom. The first-order valence-corrected chi connectivity index (χ1v) is 16.2. The number of halogens is 2. The van der Waals surface area contributed by atoms with Gasteiger partial charge in [0, 0.05) is 36.0 Å². The van der Waals surface area contributed by atoms with Crippen LogP contribution >= 0.6 is 0 Å². The zero-order chi connectivity index (χ0) is 33.6. The number of ether oxygens (including phenoxy) is 2. The smallest absolute Gasteiger partial charge is 0.261 e. The van der Waals surface area contributed by atoms with Crippen molar-refractivity contribution in [2.24, 2.45) is 7.05 Å². The van der Waals surface area contributed by atoms with Crippen molar-refractivity contribution in [2.45, 2.75) is 45.1 Å². The fraction of sp³-hybridized carbons (Fsp3) is 0.286. The Hall–Kier alpha value is -4.48. The summed E-state index contributed by atoms with van der Waals surface area (Å²) in [5.74, 6) is -1.04. The molecule has 0 fully saturated rings. The summed E-state index contributed by atoms with van der Waals surface area (Å²) in [5, 5.41) is 9.44. The molecule has 0 aliphatic carbocycles. The summed E-state index contributed by atoms with van der Waals surface area (Å²) in [6.45, 7) is 8.61. The highest BCUT2D eigenvalue weighted by atomic mass is 32.2. The second kappa shape index (κ2) is 12.4. The molecule has 2 heterocycles. The van der Waals surface area contributed by atoms with Crippen LogP contribution in [0.3, 0.4) is 0 Å². The molecule has 0 saturated carbocycles. The van der Waals surface area contributed by atoms with Crippen LogP contribution in [-0.2, 0) is 22.6 Å². The maximum atomic E-state index is 14.7. The monoisotopic (exact) mass is 651 g/mol. The zero-order valence-corrected chi connectivity index (χ0v) is 27.2. The number of fused-ring (bicyclic) bond motifs is 1. The number of furan rings is 1. The maximum Gasteiger partial charge on any atom is 0.261 e. The normalized spacial score (nSPS) is 12.1. The van der Waals surface area contributed by atoms with Crippen LogP contribution in [0.15, 0.2) is 70.0 Å². The quantitative estimate of drug-likeness (QED) is 0.179. The number of aryl methyl sites for hydroxylation is 3. The van der Waals surface area contributed by atoms with Gasteiger partial charge in [-0.2, -0.15) is 0 Å². The maximum absolute atomic E-state index is 14.7. The summed E-state index contributed by atoms with van der Waals surface area (Å²) < 4.78 is 72.9. The molecule has 0 amide bonds. The van der Waals surface area contributed by atoms with Gasteiger partial charge in [-0.25, -0.2) is 17.2 Å². The number of hydrogen-bond donors (Lipinski definition) is 1. The van der Waals surface area contributed by atoms with E-state index in [0.717, 1.165) is 23.3 Å². The molecule has 0 radical (unpaired) electrons. The SMILES string of the molecule is Cc1cc(-c2cc3c(=O)n(C)cc(-c4cc(CS(=O)(=O)C(C)(C)C)ccc4Oc4ccc(F)cc4F)c3o2)cc(C)c1OCCO. The summed E-state index contributed by atoms with van der Waals surface area (Å²) in [7, 11) is -2.01. The molecule has 0 bridgehead atoms. The van der Waals surface area contributed by atoms with E-state index in [9.17, 15) is 27.1 Å².